The fraction of sp³-hybridized carbons (Fsp3) is 0.174. The number of rotatable bonds is 2. The van der Waals surface area contributed by atoms with Crippen LogP contribution < -0.4 is 5.43 Å². The average Bonchev–Trinajstić information content (AvgIpc) is 3.10. The van der Waals surface area contributed by atoms with E-state index in [1.165, 1.54) is 33.6 Å². The predicted molar refractivity (Wildman–Crippen MR) is 106 cm³/mol. The summed E-state index contributed by atoms with van der Waals surface area (Å²) in [6.45, 7) is 6.25. The van der Waals surface area contributed by atoms with Gasteiger partial charge < -0.3 is 4.98 Å². The third-order valence-electron chi connectivity index (χ3n) is 5.60. The van der Waals surface area contributed by atoms with E-state index in [0.717, 1.165) is 17.8 Å². The molecule has 2 aliphatic rings. The molecule has 1 aromatic heterocycles. The second-order valence-corrected chi connectivity index (χ2v) is 7.22. The normalized spacial score (nSPS) is 21.0. The highest BCUT2D eigenvalue weighted by Gasteiger charge is 2.39. The minimum Gasteiger partial charge on any atom is -0.362 e. The van der Waals surface area contributed by atoms with E-state index in [2.05, 4.69) is 84.6 Å². The van der Waals surface area contributed by atoms with Crippen molar-refractivity contribution in [1.29, 1.82) is 0 Å². The molecule has 5 rings (SSSR count). The van der Waals surface area contributed by atoms with Gasteiger partial charge in [0.15, 0.2) is 0 Å². The molecule has 2 unspecified atom stereocenters. The van der Waals surface area contributed by atoms with Crippen molar-refractivity contribution in [2.45, 2.75) is 25.2 Å². The lowest BCUT2D eigenvalue weighted by Gasteiger charge is -2.37. The predicted octanol–water partition coefficient (Wildman–Crippen LogP) is 4.72. The van der Waals surface area contributed by atoms with Gasteiger partial charge in [0.05, 0.1) is 17.3 Å². The summed E-state index contributed by atoms with van der Waals surface area (Å²) in [6, 6.07) is 21.7. The second-order valence-electron chi connectivity index (χ2n) is 7.22. The smallest absolute Gasteiger partial charge is 0.0784 e. The molecule has 3 aromatic rings. The Bertz CT molecular complexity index is 1030. The number of aryl methyl sites for hydroxylation is 1. The van der Waals surface area contributed by atoms with Crippen LogP contribution in [0.2, 0.25) is 0 Å². The van der Waals surface area contributed by atoms with Gasteiger partial charge in [-0.15, -0.1) is 0 Å². The van der Waals surface area contributed by atoms with Crippen LogP contribution in [0, 0.1) is 6.92 Å². The van der Waals surface area contributed by atoms with E-state index >= 15 is 0 Å². The van der Waals surface area contributed by atoms with E-state index in [-0.39, 0.29) is 5.92 Å². The van der Waals surface area contributed by atoms with Gasteiger partial charge in [-0.05, 0) is 36.6 Å². The molecule has 128 valence electrons. The van der Waals surface area contributed by atoms with Crippen LogP contribution in [0.3, 0.4) is 0 Å². The summed E-state index contributed by atoms with van der Waals surface area (Å²) >= 11 is 0. The third-order valence-corrected chi connectivity index (χ3v) is 5.60. The maximum atomic E-state index is 4.77. The average molecular weight is 339 g/mol. The van der Waals surface area contributed by atoms with Gasteiger partial charge >= 0.3 is 0 Å². The Labute approximate surface area is 153 Å². The summed E-state index contributed by atoms with van der Waals surface area (Å²) in [4.78, 5) is 3.56. The topological polar surface area (TPSA) is 40.2 Å². The van der Waals surface area contributed by atoms with Crippen molar-refractivity contribution in [3.8, 4) is 0 Å². The Morgan fingerprint density at radius 2 is 1.85 bits per heavy atom. The molecule has 0 fully saturated rings. The summed E-state index contributed by atoms with van der Waals surface area (Å²) in [5.41, 5.74) is 12.7. The first-order valence-corrected chi connectivity index (χ1v) is 9.08. The van der Waals surface area contributed by atoms with Gasteiger partial charge in [0, 0.05) is 28.4 Å². The van der Waals surface area contributed by atoms with Crippen molar-refractivity contribution in [3.63, 3.8) is 0 Å². The summed E-state index contributed by atoms with van der Waals surface area (Å²) in [7, 11) is 0. The SMILES string of the molecule is C=C1NN=C2c3c(cccc31)CC(c1ccccc1)C2c1ccc(C)[nH]1. The number of nitrogens with zero attached hydrogens (tertiary/aromatic N) is 1. The standard InChI is InChI=1S/C23H21N3/c1-14-11-12-20(24-14)22-19(16-7-4-3-5-8-16)13-17-9-6-10-18-15(2)25-26-23(22)21(17)18/h3-12,19,22,24-25H,2,13H2,1H3. The van der Waals surface area contributed by atoms with Crippen LogP contribution >= 0.6 is 0 Å². The molecule has 2 atom stereocenters. The Hall–Kier alpha value is -3.07. The molecular weight excluding hydrogens is 318 g/mol. The van der Waals surface area contributed by atoms with E-state index in [0.29, 0.717) is 5.92 Å². The number of aromatic nitrogens is 1. The number of benzene rings is 2. The molecule has 3 heteroatoms. The largest absolute Gasteiger partial charge is 0.362 e. The summed E-state index contributed by atoms with van der Waals surface area (Å²) < 4.78 is 0. The van der Waals surface area contributed by atoms with Crippen molar-refractivity contribution in [2.75, 3.05) is 0 Å². The lowest BCUT2D eigenvalue weighted by molar-refractivity contribution is 0.606. The molecule has 0 saturated carbocycles. The number of hydrazone groups is 1. The number of hydrogen-bond donors (Lipinski definition) is 2. The van der Waals surface area contributed by atoms with Crippen molar-refractivity contribution < 1.29 is 0 Å². The Morgan fingerprint density at radius 3 is 2.62 bits per heavy atom. The minimum absolute atomic E-state index is 0.195. The Morgan fingerprint density at radius 1 is 1.00 bits per heavy atom. The molecule has 0 amide bonds. The molecule has 1 aliphatic carbocycles. The fourth-order valence-electron chi connectivity index (χ4n) is 4.42. The van der Waals surface area contributed by atoms with Crippen molar-refractivity contribution >= 4 is 11.4 Å². The van der Waals surface area contributed by atoms with Gasteiger partial charge in [0.25, 0.3) is 0 Å². The first-order chi connectivity index (χ1) is 12.7. The fourth-order valence-corrected chi connectivity index (χ4v) is 4.42. The van der Waals surface area contributed by atoms with Crippen LogP contribution in [-0.2, 0) is 6.42 Å². The Balaban J connectivity index is 1.75. The van der Waals surface area contributed by atoms with Gasteiger partial charge in [-0.3, -0.25) is 5.43 Å². The number of hydrogen-bond acceptors (Lipinski definition) is 2. The van der Waals surface area contributed by atoms with Crippen LogP contribution in [0.4, 0.5) is 0 Å². The van der Waals surface area contributed by atoms with Crippen LogP contribution in [0.25, 0.3) is 5.70 Å². The maximum Gasteiger partial charge on any atom is 0.0784 e. The van der Waals surface area contributed by atoms with Gasteiger partial charge in [0.1, 0.15) is 0 Å². The molecule has 26 heavy (non-hydrogen) atoms. The van der Waals surface area contributed by atoms with E-state index in [4.69, 9.17) is 5.10 Å². The van der Waals surface area contributed by atoms with Crippen molar-refractivity contribution in [3.05, 3.63) is 101 Å². The van der Waals surface area contributed by atoms with Crippen LogP contribution in [0.5, 0.6) is 0 Å². The molecular formula is C23H21N3. The maximum absolute atomic E-state index is 4.77. The van der Waals surface area contributed by atoms with Gasteiger partial charge in [-0.1, -0.05) is 55.1 Å². The molecule has 3 nitrogen and oxygen atoms in total. The molecule has 0 saturated heterocycles. The zero-order chi connectivity index (χ0) is 17.7. The molecule has 0 spiro atoms. The Kier molecular flexibility index (Phi) is 3.35. The highest BCUT2D eigenvalue weighted by atomic mass is 15.3. The van der Waals surface area contributed by atoms with Crippen molar-refractivity contribution in [2.24, 2.45) is 5.10 Å². The molecule has 2 N–H and O–H groups in total. The number of H-pyrrole nitrogens is 1. The number of aromatic amines is 1. The second kappa shape index (κ2) is 5.73. The van der Waals surface area contributed by atoms with Gasteiger partial charge in [0.2, 0.25) is 0 Å². The van der Waals surface area contributed by atoms with E-state index in [1.807, 2.05) is 0 Å². The van der Waals surface area contributed by atoms with E-state index in [1.54, 1.807) is 0 Å². The third kappa shape index (κ3) is 2.24. The lowest BCUT2D eigenvalue weighted by atomic mass is 9.69. The summed E-state index contributed by atoms with van der Waals surface area (Å²) in [6.07, 6.45) is 1.00. The van der Waals surface area contributed by atoms with Crippen LogP contribution in [0.15, 0.2) is 72.3 Å². The molecule has 0 radical (unpaired) electrons. The lowest BCUT2D eigenvalue weighted by Crippen LogP contribution is -2.34. The van der Waals surface area contributed by atoms with Gasteiger partial charge in [-0.2, -0.15) is 5.10 Å². The first-order valence-electron chi connectivity index (χ1n) is 9.08. The van der Waals surface area contributed by atoms with E-state index in [9.17, 15) is 0 Å². The zero-order valence-corrected chi connectivity index (χ0v) is 14.8. The van der Waals surface area contributed by atoms with E-state index < -0.39 is 0 Å². The van der Waals surface area contributed by atoms with Gasteiger partial charge in [-0.25, -0.2) is 0 Å². The van der Waals surface area contributed by atoms with Crippen LogP contribution in [0.1, 0.15) is 45.5 Å². The number of nitrogens with one attached hydrogen (secondary N) is 2. The van der Waals surface area contributed by atoms with Crippen molar-refractivity contribution in [1.82, 2.24) is 10.4 Å². The zero-order valence-electron chi connectivity index (χ0n) is 14.8. The first kappa shape index (κ1) is 15.2. The monoisotopic (exact) mass is 339 g/mol. The summed E-state index contributed by atoms with van der Waals surface area (Å²) in [5.74, 6) is 0.546. The molecule has 2 heterocycles. The highest BCUT2D eigenvalue weighted by molar-refractivity contribution is 6.12. The molecule has 0 bridgehead atoms. The molecule has 2 aromatic carbocycles. The quantitative estimate of drug-likeness (QED) is 0.696. The summed E-state index contributed by atoms with van der Waals surface area (Å²) in [5, 5.41) is 4.77. The molecule has 1 aliphatic heterocycles. The highest BCUT2D eigenvalue weighted by Crippen LogP contribution is 2.45. The minimum atomic E-state index is 0.195. The van der Waals surface area contributed by atoms with Crippen LogP contribution in [-0.4, -0.2) is 10.7 Å².